The standard InChI is InChI=1S/C25H17F4N5O3/c1-37-24(36)16-10-9-15(11-19(16)28)33-25-30-12-20(29)22(34-25)31-13-5-7-14(8-6-13)32-23(35)21-17(26)3-2-4-18(21)27/h2-12H,1H3,(H,32,35)(H2,30,31,33,34). The molecule has 0 fully saturated rings. The fourth-order valence-electron chi connectivity index (χ4n) is 3.19. The van der Waals surface area contributed by atoms with Crippen molar-refractivity contribution in [3.63, 3.8) is 0 Å². The Hall–Kier alpha value is -5.00. The van der Waals surface area contributed by atoms with Crippen molar-refractivity contribution < 1.29 is 31.9 Å². The van der Waals surface area contributed by atoms with Gasteiger partial charge in [-0.1, -0.05) is 6.07 Å². The number of benzene rings is 3. The van der Waals surface area contributed by atoms with Crippen molar-refractivity contribution >= 4 is 40.7 Å². The molecule has 0 aliphatic rings. The van der Waals surface area contributed by atoms with Gasteiger partial charge in [-0.05, 0) is 54.6 Å². The molecule has 8 nitrogen and oxygen atoms in total. The molecule has 0 saturated carbocycles. The summed E-state index contributed by atoms with van der Waals surface area (Å²) in [6, 6.07) is 12.6. The quantitative estimate of drug-likeness (QED) is 0.220. The minimum Gasteiger partial charge on any atom is -0.465 e. The number of esters is 1. The smallest absolute Gasteiger partial charge is 0.340 e. The summed E-state index contributed by atoms with van der Waals surface area (Å²) in [5, 5.41) is 7.83. The van der Waals surface area contributed by atoms with Gasteiger partial charge >= 0.3 is 5.97 Å². The van der Waals surface area contributed by atoms with Crippen molar-refractivity contribution in [2.75, 3.05) is 23.1 Å². The van der Waals surface area contributed by atoms with Crippen molar-refractivity contribution in [2.45, 2.75) is 0 Å². The van der Waals surface area contributed by atoms with Crippen molar-refractivity contribution in [1.82, 2.24) is 9.97 Å². The predicted octanol–water partition coefficient (Wildman–Crippen LogP) is 5.56. The lowest BCUT2D eigenvalue weighted by Crippen LogP contribution is -2.15. The van der Waals surface area contributed by atoms with Crippen LogP contribution < -0.4 is 16.0 Å². The first-order valence-corrected chi connectivity index (χ1v) is 10.5. The number of aromatic nitrogens is 2. The second kappa shape index (κ2) is 10.7. The van der Waals surface area contributed by atoms with Crippen LogP contribution in [0.4, 0.5) is 46.4 Å². The number of ether oxygens (including phenoxy) is 1. The Bertz CT molecular complexity index is 1460. The highest BCUT2D eigenvalue weighted by Crippen LogP contribution is 2.23. The number of nitrogens with one attached hydrogen (secondary N) is 3. The van der Waals surface area contributed by atoms with Gasteiger partial charge in [0.1, 0.15) is 23.0 Å². The van der Waals surface area contributed by atoms with E-state index in [1.54, 1.807) is 0 Å². The molecule has 1 aromatic heterocycles. The van der Waals surface area contributed by atoms with Gasteiger partial charge in [0.2, 0.25) is 5.95 Å². The van der Waals surface area contributed by atoms with E-state index in [4.69, 9.17) is 0 Å². The third-order valence-electron chi connectivity index (χ3n) is 4.97. The van der Waals surface area contributed by atoms with Gasteiger partial charge in [-0.25, -0.2) is 27.3 Å². The fourth-order valence-corrected chi connectivity index (χ4v) is 3.19. The van der Waals surface area contributed by atoms with Gasteiger partial charge < -0.3 is 20.7 Å². The molecule has 0 radical (unpaired) electrons. The number of hydrogen-bond donors (Lipinski definition) is 3. The van der Waals surface area contributed by atoms with Crippen molar-refractivity contribution in [3.05, 3.63) is 101 Å². The minimum absolute atomic E-state index is 0.0649. The van der Waals surface area contributed by atoms with E-state index in [-0.39, 0.29) is 28.7 Å². The lowest BCUT2D eigenvalue weighted by molar-refractivity contribution is 0.0595. The van der Waals surface area contributed by atoms with Gasteiger partial charge in [0.25, 0.3) is 5.91 Å². The topological polar surface area (TPSA) is 105 Å². The van der Waals surface area contributed by atoms with E-state index in [1.807, 2.05) is 0 Å². The highest BCUT2D eigenvalue weighted by molar-refractivity contribution is 6.04. The highest BCUT2D eigenvalue weighted by atomic mass is 19.1. The number of carbonyl (C=O) groups excluding carboxylic acids is 2. The number of halogens is 4. The third kappa shape index (κ3) is 5.81. The van der Waals surface area contributed by atoms with Crippen molar-refractivity contribution in [2.24, 2.45) is 0 Å². The van der Waals surface area contributed by atoms with E-state index >= 15 is 0 Å². The van der Waals surface area contributed by atoms with Crippen LogP contribution in [-0.4, -0.2) is 29.0 Å². The van der Waals surface area contributed by atoms with E-state index < -0.39 is 40.7 Å². The average Bonchev–Trinajstić information content (AvgIpc) is 2.87. The second-order valence-corrected chi connectivity index (χ2v) is 7.45. The zero-order chi connectivity index (χ0) is 26.5. The van der Waals surface area contributed by atoms with Gasteiger partial charge in [0.05, 0.1) is 18.9 Å². The molecule has 4 aromatic rings. The molecular weight excluding hydrogens is 494 g/mol. The molecule has 0 atom stereocenters. The first-order valence-electron chi connectivity index (χ1n) is 10.5. The lowest BCUT2D eigenvalue weighted by atomic mass is 10.1. The summed E-state index contributed by atoms with van der Waals surface area (Å²) in [4.78, 5) is 31.6. The van der Waals surface area contributed by atoms with E-state index in [1.165, 1.54) is 36.4 Å². The molecule has 1 amide bonds. The average molecular weight is 511 g/mol. The van der Waals surface area contributed by atoms with Crippen LogP contribution in [0.5, 0.6) is 0 Å². The van der Waals surface area contributed by atoms with Crippen LogP contribution in [0, 0.1) is 23.3 Å². The third-order valence-corrected chi connectivity index (χ3v) is 4.97. The normalized spacial score (nSPS) is 10.5. The van der Waals surface area contributed by atoms with E-state index in [0.29, 0.717) is 5.69 Å². The SMILES string of the molecule is COC(=O)c1ccc(Nc2ncc(F)c(Nc3ccc(NC(=O)c4c(F)cccc4F)cc3)n2)cc1F. The van der Waals surface area contributed by atoms with Gasteiger partial charge in [-0.2, -0.15) is 4.98 Å². The molecule has 3 N–H and O–H groups in total. The predicted molar refractivity (Wildman–Crippen MR) is 127 cm³/mol. The Labute approximate surface area is 207 Å². The Morgan fingerprint density at radius 3 is 2.08 bits per heavy atom. The number of methoxy groups -OCH3 is 1. The molecule has 0 bridgehead atoms. The summed E-state index contributed by atoms with van der Waals surface area (Å²) < 4.78 is 60.5. The monoisotopic (exact) mass is 511 g/mol. The van der Waals surface area contributed by atoms with E-state index in [0.717, 1.165) is 37.6 Å². The summed E-state index contributed by atoms with van der Waals surface area (Å²) in [5.41, 5.74) is -0.163. The maximum atomic E-state index is 14.3. The zero-order valence-electron chi connectivity index (χ0n) is 19.0. The Kier molecular flexibility index (Phi) is 7.28. The van der Waals surface area contributed by atoms with Crippen molar-refractivity contribution in [1.29, 1.82) is 0 Å². The first-order chi connectivity index (χ1) is 17.7. The molecule has 12 heteroatoms. The lowest BCUT2D eigenvalue weighted by Gasteiger charge is -2.11. The molecule has 188 valence electrons. The van der Waals surface area contributed by atoms with Gasteiger partial charge in [0, 0.05) is 17.1 Å². The Morgan fingerprint density at radius 2 is 1.43 bits per heavy atom. The Morgan fingerprint density at radius 1 is 0.784 bits per heavy atom. The second-order valence-electron chi connectivity index (χ2n) is 7.45. The molecule has 0 spiro atoms. The molecular formula is C25H17F4N5O3. The minimum atomic E-state index is -0.999. The number of nitrogens with zero attached hydrogens (tertiary/aromatic N) is 2. The molecule has 3 aromatic carbocycles. The van der Waals surface area contributed by atoms with Crippen LogP contribution in [0.15, 0.2) is 66.9 Å². The molecule has 0 aliphatic heterocycles. The van der Waals surface area contributed by atoms with Gasteiger partial charge in [0.15, 0.2) is 11.6 Å². The molecule has 0 unspecified atom stereocenters. The summed E-state index contributed by atoms with van der Waals surface area (Å²) in [7, 11) is 1.13. The number of rotatable bonds is 7. The summed E-state index contributed by atoms with van der Waals surface area (Å²) in [6.45, 7) is 0. The first kappa shape index (κ1) is 25.1. The maximum Gasteiger partial charge on any atom is 0.340 e. The van der Waals surface area contributed by atoms with E-state index in [2.05, 4.69) is 30.7 Å². The molecule has 1 heterocycles. The summed E-state index contributed by atoms with van der Waals surface area (Å²) in [5.74, 6) is -5.70. The summed E-state index contributed by atoms with van der Waals surface area (Å²) in [6.07, 6.45) is 0.897. The van der Waals surface area contributed by atoms with Crippen molar-refractivity contribution in [3.8, 4) is 0 Å². The molecule has 0 aliphatic carbocycles. The van der Waals surface area contributed by atoms with Gasteiger partial charge in [-0.15, -0.1) is 0 Å². The van der Waals surface area contributed by atoms with Crippen LogP contribution in [0.2, 0.25) is 0 Å². The van der Waals surface area contributed by atoms with Crippen LogP contribution in [0.3, 0.4) is 0 Å². The maximum absolute atomic E-state index is 14.3. The number of hydrogen-bond acceptors (Lipinski definition) is 7. The highest BCUT2D eigenvalue weighted by Gasteiger charge is 2.17. The van der Waals surface area contributed by atoms with Crippen LogP contribution >= 0.6 is 0 Å². The van der Waals surface area contributed by atoms with Crippen LogP contribution in [0.25, 0.3) is 0 Å². The Balaban J connectivity index is 1.45. The molecule has 4 rings (SSSR count). The summed E-state index contributed by atoms with van der Waals surface area (Å²) >= 11 is 0. The number of carbonyl (C=O) groups is 2. The van der Waals surface area contributed by atoms with E-state index in [9.17, 15) is 27.2 Å². The fraction of sp³-hybridized carbons (Fsp3) is 0.0400. The molecule has 0 saturated heterocycles. The number of amides is 1. The molecule has 37 heavy (non-hydrogen) atoms. The van der Waals surface area contributed by atoms with Crippen LogP contribution in [-0.2, 0) is 4.74 Å². The van der Waals surface area contributed by atoms with Gasteiger partial charge in [-0.3, -0.25) is 4.79 Å². The largest absolute Gasteiger partial charge is 0.465 e. The zero-order valence-corrected chi connectivity index (χ0v) is 19.0. The number of anilines is 5. The van der Waals surface area contributed by atoms with Crippen LogP contribution in [0.1, 0.15) is 20.7 Å².